The Morgan fingerprint density at radius 2 is 1.95 bits per heavy atom. The molecule has 0 radical (unpaired) electrons. The van der Waals surface area contributed by atoms with Crippen LogP contribution in [0.2, 0.25) is 0 Å². The van der Waals surface area contributed by atoms with Gasteiger partial charge in [0.1, 0.15) is 18.4 Å². The Morgan fingerprint density at radius 3 is 2.60 bits per heavy atom. The van der Waals surface area contributed by atoms with Crippen molar-refractivity contribution in [3.05, 3.63) is 66.9 Å². The summed E-state index contributed by atoms with van der Waals surface area (Å²) in [5, 5.41) is 3.96. The standard InChI is InChI=1S/C14H10N4O2/c19-14(20-12-4-2-1-3-5-12)11-6-7-13(16-8-11)18-10-15-9-17-18/h1-10H. The molecule has 2 aromatic heterocycles. The van der Waals surface area contributed by atoms with Crippen molar-refractivity contribution >= 4 is 5.97 Å². The van der Waals surface area contributed by atoms with Gasteiger partial charge in [0.2, 0.25) is 0 Å². The van der Waals surface area contributed by atoms with Crippen LogP contribution in [0, 0.1) is 0 Å². The van der Waals surface area contributed by atoms with Gasteiger partial charge >= 0.3 is 5.97 Å². The highest BCUT2D eigenvalue weighted by Crippen LogP contribution is 2.12. The lowest BCUT2D eigenvalue weighted by molar-refractivity contribution is 0.0734. The quantitative estimate of drug-likeness (QED) is 0.534. The van der Waals surface area contributed by atoms with Gasteiger partial charge < -0.3 is 4.74 Å². The molecule has 6 heteroatoms. The molecule has 2 heterocycles. The number of hydrogen-bond donors (Lipinski definition) is 0. The van der Waals surface area contributed by atoms with Crippen molar-refractivity contribution < 1.29 is 9.53 Å². The predicted molar refractivity (Wildman–Crippen MR) is 70.6 cm³/mol. The lowest BCUT2D eigenvalue weighted by Crippen LogP contribution is -2.09. The van der Waals surface area contributed by atoms with E-state index in [0.717, 1.165) is 0 Å². The van der Waals surface area contributed by atoms with Crippen LogP contribution in [0.1, 0.15) is 10.4 Å². The molecule has 0 aliphatic rings. The first-order valence-electron chi connectivity index (χ1n) is 5.91. The van der Waals surface area contributed by atoms with Crippen molar-refractivity contribution in [1.82, 2.24) is 19.7 Å². The summed E-state index contributed by atoms with van der Waals surface area (Å²) in [6, 6.07) is 12.2. The molecule has 0 fully saturated rings. The molecule has 0 spiro atoms. The zero-order valence-corrected chi connectivity index (χ0v) is 10.4. The summed E-state index contributed by atoms with van der Waals surface area (Å²) in [6.07, 6.45) is 4.39. The number of rotatable bonds is 3. The minimum absolute atomic E-state index is 0.373. The molecule has 3 aromatic rings. The molecular formula is C14H10N4O2. The van der Waals surface area contributed by atoms with Gasteiger partial charge in [0, 0.05) is 6.20 Å². The van der Waals surface area contributed by atoms with Crippen molar-refractivity contribution in [1.29, 1.82) is 0 Å². The van der Waals surface area contributed by atoms with Crippen LogP contribution in [0.25, 0.3) is 5.82 Å². The number of hydrogen-bond acceptors (Lipinski definition) is 5. The Hall–Kier alpha value is -3.02. The number of ether oxygens (including phenoxy) is 1. The summed E-state index contributed by atoms with van der Waals surface area (Å²) in [7, 11) is 0. The summed E-state index contributed by atoms with van der Waals surface area (Å²) in [6.45, 7) is 0. The number of nitrogens with zero attached hydrogens (tertiary/aromatic N) is 4. The first-order valence-corrected chi connectivity index (χ1v) is 5.91. The van der Waals surface area contributed by atoms with Gasteiger partial charge in [0.05, 0.1) is 5.56 Å². The van der Waals surface area contributed by atoms with Crippen LogP contribution in [-0.4, -0.2) is 25.7 Å². The third-order valence-electron chi connectivity index (χ3n) is 2.59. The molecule has 6 nitrogen and oxygen atoms in total. The highest BCUT2D eigenvalue weighted by molar-refractivity contribution is 5.90. The third-order valence-corrected chi connectivity index (χ3v) is 2.59. The van der Waals surface area contributed by atoms with E-state index >= 15 is 0 Å². The van der Waals surface area contributed by atoms with Crippen LogP contribution in [0.15, 0.2) is 61.3 Å². The summed E-state index contributed by atoms with van der Waals surface area (Å²) in [4.78, 5) is 19.9. The van der Waals surface area contributed by atoms with Crippen molar-refractivity contribution in [2.75, 3.05) is 0 Å². The van der Waals surface area contributed by atoms with Gasteiger partial charge in [-0.3, -0.25) is 0 Å². The first kappa shape index (κ1) is 12.0. The molecule has 0 atom stereocenters. The fourth-order valence-electron chi connectivity index (χ4n) is 1.62. The van der Waals surface area contributed by atoms with Crippen LogP contribution in [0.5, 0.6) is 5.75 Å². The molecule has 0 amide bonds. The maximum absolute atomic E-state index is 11.9. The number of para-hydroxylation sites is 1. The normalized spacial score (nSPS) is 10.2. The fourth-order valence-corrected chi connectivity index (χ4v) is 1.62. The molecule has 3 rings (SSSR count). The molecule has 0 aliphatic heterocycles. The van der Waals surface area contributed by atoms with E-state index in [1.807, 2.05) is 6.07 Å². The minimum Gasteiger partial charge on any atom is -0.423 e. The Balaban J connectivity index is 1.76. The minimum atomic E-state index is -0.450. The average Bonchev–Trinajstić information content (AvgIpc) is 3.03. The maximum atomic E-state index is 11.9. The average molecular weight is 266 g/mol. The van der Waals surface area contributed by atoms with E-state index in [2.05, 4.69) is 15.1 Å². The number of benzene rings is 1. The monoisotopic (exact) mass is 266 g/mol. The molecule has 20 heavy (non-hydrogen) atoms. The SMILES string of the molecule is O=C(Oc1ccccc1)c1ccc(-n2cncn2)nc1. The molecule has 98 valence electrons. The van der Waals surface area contributed by atoms with Crippen molar-refractivity contribution in [3.8, 4) is 11.6 Å². The van der Waals surface area contributed by atoms with Crippen LogP contribution in [-0.2, 0) is 0 Å². The van der Waals surface area contributed by atoms with E-state index in [-0.39, 0.29) is 0 Å². The van der Waals surface area contributed by atoms with Gasteiger partial charge in [-0.15, -0.1) is 0 Å². The van der Waals surface area contributed by atoms with E-state index in [4.69, 9.17) is 4.74 Å². The Morgan fingerprint density at radius 1 is 1.10 bits per heavy atom. The maximum Gasteiger partial charge on any atom is 0.345 e. The highest BCUT2D eigenvalue weighted by atomic mass is 16.5. The van der Waals surface area contributed by atoms with Crippen molar-refractivity contribution in [2.45, 2.75) is 0 Å². The number of pyridine rings is 1. The topological polar surface area (TPSA) is 69.9 Å². The number of aromatic nitrogens is 4. The molecule has 0 unspecified atom stereocenters. The molecular weight excluding hydrogens is 256 g/mol. The van der Waals surface area contributed by atoms with Gasteiger partial charge in [0.15, 0.2) is 5.82 Å². The van der Waals surface area contributed by atoms with Crippen LogP contribution in [0.3, 0.4) is 0 Å². The molecule has 0 aliphatic carbocycles. The van der Waals surface area contributed by atoms with E-state index in [0.29, 0.717) is 17.1 Å². The lowest BCUT2D eigenvalue weighted by Gasteiger charge is -2.04. The first-order chi connectivity index (χ1) is 9.83. The second-order valence-corrected chi connectivity index (χ2v) is 3.95. The van der Waals surface area contributed by atoms with Gasteiger partial charge in [-0.2, -0.15) is 5.10 Å². The predicted octanol–water partition coefficient (Wildman–Crippen LogP) is 1.88. The van der Waals surface area contributed by atoms with Gasteiger partial charge in [0.25, 0.3) is 0 Å². The number of carbonyl (C=O) groups is 1. The fraction of sp³-hybridized carbons (Fsp3) is 0. The number of esters is 1. The molecule has 0 bridgehead atoms. The second-order valence-electron chi connectivity index (χ2n) is 3.95. The van der Waals surface area contributed by atoms with Gasteiger partial charge in [-0.05, 0) is 24.3 Å². The summed E-state index contributed by atoms with van der Waals surface area (Å²) < 4.78 is 6.72. The van der Waals surface area contributed by atoms with E-state index in [9.17, 15) is 4.79 Å². The second kappa shape index (κ2) is 5.31. The van der Waals surface area contributed by atoms with Gasteiger partial charge in [-0.25, -0.2) is 19.4 Å². The zero-order valence-electron chi connectivity index (χ0n) is 10.4. The molecule has 0 saturated heterocycles. The summed E-state index contributed by atoms with van der Waals surface area (Å²) >= 11 is 0. The molecule has 1 aromatic carbocycles. The summed E-state index contributed by atoms with van der Waals surface area (Å²) in [5.74, 6) is 0.630. The van der Waals surface area contributed by atoms with Crippen LogP contribution in [0.4, 0.5) is 0 Å². The van der Waals surface area contributed by atoms with Crippen molar-refractivity contribution in [2.24, 2.45) is 0 Å². The van der Waals surface area contributed by atoms with Crippen molar-refractivity contribution in [3.63, 3.8) is 0 Å². The summed E-state index contributed by atoms with van der Waals surface area (Å²) in [5.41, 5.74) is 0.373. The third kappa shape index (κ3) is 2.54. The Kier molecular flexibility index (Phi) is 3.20. The lowest BCUT2D eigenvalue weighted by atomic mass is 10.3. The molecule has 0 saturated carbocycles. The zero-order chi connectivity index (χ0) is 13.8. The van der Waals surface area contributed by atoms with Gasteiger partial charge in [-0.1, -0.05) is 18.2 Å². The van der Waals surface area contributed by atoms with E-state index < -0.39 is 5.97 Å². The Labute approximate surface area is 114 Å². The number of carbonyl (C=O) groups excluding carboxylic acids is 1. The smallest absolute Gasteiger partial charge is 0.345 e. The highest BCUT2D eigenvalue weighted by Gasteiger charge is 2.09. The van der Waals surface area contributed by atoms with E-state index in [1.54, 1.807) is 36.4 Å². The van der Waals surface area contributed by atoms with Crippen LogP contribution < -0.4 is 4.74 Å². The van der Waals surface area contributed by atoms with Crippen LogP contribution >= 0.6 is 0 Å². The van der Waals surface area contributed by atoms with E-state index in [1.165, 1.54) is 23.5 Å². The molecule has 0 N–H and O–H groups in total. The Bertz CT molecular complexity index is 694. The largest absolute Gasteiger partial charge is 0.423 e.